The van der Waals surface area contributed by atoms with E-state index in [0.29, 0.717) is 0 Å². The Morgan fingerprint density at radius 2 is 1.75 bits per heavy atom. The fourth-order valence-corrected chi connectivity index (χ4v) is 1.39. The molecule has 0 rings (SSSR count). The Labute approximate surface area is 94.1 Å². The molecule has 0 aliphatic carbocycles. The number of carbonyl (C=O) groups excluding carboxylic acids is 2. The number of rotatable bonds is 6. The van der Waals surface area contributed by atoms with Crippen molar-refractivity contribution in [3.63, 3.8) is 0 Å². The molecular weight excluding hydrogens is 236 g/mol. The number of methoxy groups -OCH3 is 1. The van der Waals surface area contributed by atoms with Gasteiger partial charge in [0.15, 0.2) is 0 Å². The Morgan fingerprint density at radius 3 is 2.25 bits per heavy atom. The summed E-state index contributed by atoms with van der Waals surface area (Å²) < 4.78 is 30.3. The molecule has 0 aromatic heterocycles. The summed E-state index contributed by atoms with van der Waals surface area (Å²) in [5.74, 6) is -1.41. The van der Waals surface area contributed by atoms with E-state index in [1.807, 2.05) is 0 Å². The van der Waals surface area contributed by atoms with Crippen LogP contribution in [0.4, 0.5) is 0 Å². The van der Waals surface area contributed by atoms with Crippen LogP contribution in [0, 0.1) is 0 Å². The first kappa shape index (κ1) is 14.6. The van der Waals surface area contributed by atoms with Crippen LogP contribution >= 0.6 is 0 Å². The molecule has 0 bridgehead atoms. The lowest BCUT2D eigenvalue weighted by molar-refractivity contribution is -0.139. The van der Waals surface area contributed by atoms with E-state index in [0.717, 1.165) is 18.4 Å². The molecule has 92 valence electrons. The van der Waals surface area contributed by atoms with Crippen LogP contribution in [-0.4, -0.2) is 46.1 Å². The normalized spacial score (nSPS) is 11.4. The van der Waals surface area contributed by atoms with Crippen molar-refractivity contribution < 1.29 is 27.5 Å². The summed E-state index contributed by atoms with van der Waals surface area (Å²) >= 11 is 0. The highest BCUT2D eigenvalue weighted by Crippen LogP contribution is 1.91. The Hall–Kier alpha value is -1.37. The second kappa shape index (κ2) is 7.00. The first-order valence-electron chi connectivity index (χ1n) is 4.45. The van der Waals surface area contributed by atoms with Crippen molar-refractivity contribution in [2.24, 2.45) is 0 Å². The Balaban J connectivity index is 3.75. The topological polar surface area (TPSA) is 86.7 Å². The van der Waals surface area contributed by atoms with E-state index in [-0.39, 0.29) is 18.8 Å². The summed E-state index contributed by atoms with van der Waals surface area (Å²) in [4.78, 5) is 21.5. The fourth-order valence-electron chi connectivity index (χ4n) is 0.746. The molecule has 0 aliphatic rings. The van der Waals surface area contributed by atoms with Gasteiger partial charge >= 0.3 is 11.9 Å². The number of ether oxygens (including phenoxy) is 2. The van der Waals surface area contributed by atoms with E-state index in [1.165, 1.54) is 7.11 Å². The third-order valence-electron chi connectivity index (χ3n) is 1.46. The van der Waals surface area contributed by atoms with Crippen LogP contribution in [0.5, 0.6) is 0 Å². The second-order valence-corrected chi connectivity index (χ2v) is 5.27. The molecule has 0 atom stereocenters. The summed E-state index contributed by atoms with van der Waals surface area (Å²) in [6, 6.07) is 0. The third-order valence-corrected chi connectivity index (χ3v) is 2.49. The van der Waals surface area contributed by atoms with Crippen LogP contribution in [0.2, 0.25) is 0 Å². The number of carbonyl (C=O) groups is 2. The van der Waals surface area contributed by atoms with Crippen molar-refractivity contribution >= 4 is 21.8 Å². The molecule has 0 amide bonds. The van der Waals surface area contributed by atoms with Gasteiger partial charge in [0.1, 0.15) is 9.84 Å². The average molecular weight is 250 g/mol. The minimum Gasteiger partial charge on any atom is -0.466 e. The second-order valence-electron chi connectivity index (χ2n) is 3.01. The van der Waals surface area contributed by atoms with Gasteiger partial charge in [-0.3, -0.25) is 0 Å². The molecule has 0 aromatic rings. The van der Waals surface area contributed by atoms with E-state index >= 15 is 0 Å². The Kier molecular flexibility index (Phi) is 6.40. The molecule has 0 N–H and O–H groups in total. The summed E-state index contributed by atoms with van der Waals surface area (Å²) in [5, 5.41) is 0. The molecule has 0 unspecified atom stereocenters. The number of esters is 2. The van der Waals surface area contributed by atoms with E-state index in [9.17, 15) is 18.0 Å². The first-order valence-corrected chi connectivity index (χ1v) is 6.51. The molecular formula is C9H14O6S. The van der Waals surface area contributed by atoms with E-state index < -0.39 is 21.8 Å². The monoisotopic (exact) mass is 250 g/mol. The predicted octanol–water partition coefficient (Wildman–Crippen LogP) is -0.306. The highest BCUT2D eigenvalue weighted by molar-refractivity contribution is 7.90. The van der Waals surface area contributed by atoms with Gasteiger partial charge < -0.3 is 9.47 Å². The van der Waals surface area contributed by atoms with Gasteiger partial charge in [-0.05, 0) is 6.42 Å². The van der Waals surface area contributed by atoms with Gasteiger partial charge in [0.25, 0.3) is 0 Å². The fraction of sp³-hybridized carbons (Fsp3) is 0.556. The van der Waals surface area contributed by atoms with Crippen molar-refractivity contribution in [3.05, 3.63) is 12.2 Å². The SMILES string of the molecule is COC(=O)/C=C/C(=O)OCCCS(C)(=O)=O. The van der Waals surface area contributed by atoms with E-state index in [4.69, 9.17) is 0 Å². The maximum absolute atomic E-state index is 10.9. The Morgan fingerprint density at radius 1 is 1.19 bits per heavy atom. The first-order chi connectivity index (χ1) is 7.35. The summed E-state index contributed by atoms with van der Waals surface area (Å²) in [7, 11) is -1.85. The van der Waals surface area contributed by atoms with Crippen LogP contribution in [-0.2, 0) is 28.9 Å². The molecule has 7 heteroatoms. The minimum absolute atomic E-state index is 0.00256. The molecule has 0 spiro atoms. The van der Waals surface area contributed by atoms with Crippen LogP contribution in [0.3, 0.4) is 0 Å². The zero-order valence-electron chi connectivity index (χ0n) is 9.13. The van der Waals surface area contributed by atoms with Gasteiger partial charge in [-0.25, -0.2) is 18.0 Å². The van der Waals surface area contributed by atoms with Gasteiger partial charge in [-0.1, -0.05) is 0 Å². The molecule has 0 aliphatic heterocycles. The van der Waals surface area contributed by atoms with Crippen molar-refractivity contribution in [1.82, 2.24) is 0 Å². The number of sulfone groups is 1. The molecule has 0 saturated carbocycles. The van der Waals surface area contributed by atoms with Crippen molar-refractivity contribution in [1.29, 1.82) is 0 Å². The summed E-state index contributed by atoms with van der Waals surface area (Å²) in [5.41, 5.74) is 0. The quantitative estimate of drug-likeness (QED) is 0.365. The van der Waals surface area contributed by atoms with Crippen LogP contribution in [0.15, 0.2) is 12.2 Å². The average Bonchev–Trinajstić information content (AvgIpc) is 2.19. The zero-order valence-corrected chi connectivity index (χ0v) is 9.95. The van der Waals surface area contributed by atoms with Crippen molar-refractivity contribution in [2.45, 2.75) is 6.42 Å². The maximum atomic E-state index is 10.9. The van der Waals surface area contributed by atoms with E-state index in [2.05, 4.69) is 9.47 Å². The molecule has 6 nitrogen and oxygen atoms in total. The minimum atomic E-state index is -3.04. The van der Waals surface area contributed by atoms with Gasteiger partial charge in [-0.15, -0.1) is 0 Å². The van der Waals surface area contributed by atoms with E-state index in [1.54, 1.807) is 0 Å². The predicted molar refractivity (Wildman–Crippen MR) is 56.4 cm³/mol. The molecule has 0 saturated heterocycles. The van der Waals surface area contributed by atoms with Gasteiger partial charge in [-0.2, -0.15) is 0 Å². The molecule has 0 heterocycles. The molecule has 16 heavy (non-hydrogen) atoms. The lowest BCUT2D eigenvalue weighted by atomic mass is 10.5. The third kappa shape index (κ3) is 9.20. The zero-order chi connectivity index (χ0) is 12.6. The van der Waals surface area contributed by atoms with Crippen LogP contribution in [0.25, 0.3) is 0 Å². The van der Waals surface area contributed by atoms with Crippen LogP contribution < -0.4 is 0 Å². The number of hydrogen-bond acceptors (Lipinski definition) is 6. The van der Waals surface area contributed by atoms with Gasteiger partial charge in [0, 0.05) is 18.4 Å². The number of hydrogen-bond donors (Lipinski definition) is 0. The smallest absolute Gasteiger partial charge is 0.331 e. The summed E-state index contributed by atoms with van der Waals surface area (Å²) in [6.07, 6.45) is 3.19. The van der Waals surface area contributed by atoms with Crippen molar-refractivity contribution in [2.75, 3.05) is 25.7 Å². The lowest BCUT2D eigenvalue weighted by Crippen LogP contribution is -2.09. The van der Waals surface area contributed by atoms with Gasteiger partial charge in [0.2, 0.25) is 0 Å². The van der Waals surface area contributed by atoms with Crippen LogP contribution in [0.1, 0.15) is 6.42 Å². The highest BCUT2D eigenvalue weighted by atomic mass is 32.2. The highest BCUT2D eigenvalue weighted by Gasteiger charge is 2.03. The molecule has 0 fully saturated rings. The largest absolute Gasteiger partial charge is 0.466 e. The summed E-state index contributed by atoms with van der Waals surface area (Å²) in [6.45, 7) is -0.00256. The maximum Gasteiger partial charge on any atom is 0.331 e. The standard InChI is InChI=1S/C9H14O6S/c1-14-8(10)4-5-9(11)15-6-3-7-16(2,12)13/h4-5H,3,6-7H2,1-2H3/b5-4+. The molecule has 0 radical (unpaired) electrons. The lowest BCUT2D eigenvalue weighted by Gasteiger charge is -2.00. The van der Waals surface area contributed by atoms with Crippen molar-refractivity contribution in [3.8, 4) is 0 Å². The Bertz CT molecular complexity index is 367. The molecule has 0 aromatic carbocycles. The van der Waals surface area contributed by atoms with Gasteiger partial charge in [0.05, 0.1) is 19.5 Å².